The lowest BCUT2D eigenvalue weighted by Gasteiger charge is -2.26. The number of benzene rings is 1. The van der Waals surface area contributed by atoms with Crippen molar-refractivity contribution in [3.63, 3.8) is 0 Å². The number of rotatable bonds is 7. The van der Waals surface area contributed by atoms with Crippen LogP contribution >= 0.6 is 23.1 Å². The van der Waals surface area contributed by atoms with Gasteiger partial charge in [0.1, 0.15) is 10.7 Å². The summed E-state index contributed by atoms with van der Waals surface area (Å²) in [6, 6.07) is 7.49. The van der Waals surface area contributed by atoms with E-state index in [9.17, 15) is 14.4 Å². The van der Waals surface area contributed by atoms with Gasteiger partial charge in [-0.15, -0.1) is 23.1 Å². The number of nitrogens with one attached hydrogen (secondary N) is 2. The third-order valence-corrected chi connectivity index (χ3v) is 8.53. The van der Waals surface area contributed by atoms with Crippen LogP contribution in [0.3, 0.4) is 0 Å². The Labute approximate surface area is 206 Å². The predicted molar refractivity (Wildman–Crippen MR) is 136 cm³/mol. The van der Waals surface area contributed by atoms with Crippen LogP contribution in [-0.4, -0.2) is 45.5 Å². The van der Waals surface area contributed by atoms with Crippen LogP contribution in [0.15, 0.2) is 29.1 Å². The lowest BCUT2D eigenvalue weighted by atomic mass is 10.1. The van der Waals surface area contributed by atoms with Crippen molar-refractivity contribution in [2.75, 3.05) is 18.8 Å². The molecule has 0 bridgehead atoms. The number of thioether (sulfide) groups is 1. The maximum absolute atomic E-state index is 12.7. The average molecular weight is 497 g/mol. The summed E-state index contributed by atoms with van der Waals surface area (Å²) in [4.78, 5) is 49.2. The molecule has 0 atom stereocenters. The van der Waals surface area contributed by atoms with Crippen molar-refractivity contribution in [3.8, 4) is 0 Å². The van der Waals surface area contributed by atoms with Gasteiger partial charge in [-0.2, -0.15) is 0 Å². The molecule has 34 heavy (non-hydrogen) atoms. The van der Waals surface area contributed by atoms with Crippen LogP contribution in [0.5, 0.6) is 0 Å². The fourth-order valence-corrected chi connectivity index (χ4v) is 6.70. The molecule has 1 fully saturated rings. The summed E-state index contributed by atoms with van der Waals surface area (Å²) < 4.78 is 0. The Morgan fingerprint density at radius 1 is 1.15 bits per heavy atom. The zero-order chi connectivity index (χ0) is 23.5. The van der Waals surface area contributed by atoms with Gasteiger partial charge in [-0.1, -0.05) is 12.1 Å². The number of piperidine rings is 1. The zero-order valence-corrected chi connectivity index (χ0v) is 20.7. The molecule has 1 aromatic carbocycles. The molecule has 0 saturated carbocycles. The lowest BCUT2D eigenvalue weighted by molar-refractivity contribution is -0.118. The molecule has 2 aromatic heterocycles. The van der Waals surface area contributed by atoms with Gasteiger partial charge in [0, 0.05) is 30.1 Å². The topological polar surface area (TPSA) is 95.2 Å². The molecule has 1 aliphatic heterocycles. The first-order chi connectivity index (χ1) is 16.6. The second kappa shape index (κ2) is 10.3. The summed E-state index contributed by atoms with van der Waals surface area (Å²) in [7, 11) is 0. The number of aryl methyl sites for hydroxylation is 2. The third kappa shape index (κ3) is 5.05. The Balaban J connectivity index is 1.12. The maximum Gasteiger partial charge on any atom is 0.259 e. The molecule has 178 valence electrons. The Morgan fingerprint density at radius 3 is 2.85 bits per heavy atom. The van der Waals surface area contributed by atoms with Gasteiger partial charge in [-0.05, 0) is 61.8 Å². The molecule has 2 aliphatic rings. The van der Waals surface area contributed by atoms with Gasteiger partial charge >= 0.3 is 0 Å². The van der Waals surface area contributed by atoms with E-state index in [4.69, 9.17) is 0 Å². The van der Waals surface area contributed by atoms with Gasteiger partial charge in [0.05, 0.1) is 16.9 Å². The zero-order valence-electron chi connectivity index (χ0n) is 19.0. The quantitative estimate of drug-likeness (QED) is 0.521. The normalized spacial score (nSPS) is 15.5. The lowest BCUT2D eigenvalue weighted by Crippen LogP contribution is -2.35. The molecule has 1 saturated heterocycles. The first kappa shape index (κ1) is 23.1. The first-order valence-electron chi connectivity index (χ1n) is 11.8. The molecule has 0 spiro atoms. The highest BCUT2D eigenvalue weighted by Crippen LogP contribution is 2.34. The molecule has 7 nitrogen and oxygen atoms in total. The number of H-pyrrole nitrogens is 1. The molecular formula is C25H28N4O3S2. The molecule has 0 radical (unpaired) electrons. The number of amides is 2. The van der Waals surface area contributed by atoms with Crippen molar-refractivity contribution in [3.05, 3.63) is 62.0 Å². The first-order valence-corrected chi connectivity index (χ1v) is 13.8. The molecule has 2 amide bonds. The van der Waals surface area contributed by atoms with Crippen LogP contribution in [-0.2, 0) is 29.9 Å². The second-order valence-corrected chi connectivity index (χ2v) is 10.9. The number of hydrogen-bond donors (Lipinski definition) is 2. The number of carbonyl (C=O) groups excluding carboxylic acids is 2. The highest BCUT2D eigenvalue weighted by Gasteiger charge is 2.21. The number of likely N-dealkylation sites (tertiary alicyclic amines) is 1. The fraction of sp³-hybridized carbons (Fsp3) is 0.440. The Hall–Kier alpha value is -2.65. The Bertz CT molecular complexity index is 1280. The van der Waals surface area contributed by atoms with E-state index in [1.54, 1.807) is 11.3 Å². The number of nitrogens with zero attached hydrogens (tertiary/aromatic N) is 2. The molecule has 1 aliphatic carbocycles. The monoisotopic (exact) mass is 496 g/mol. The van der Waals surface area contributed by atoms with Gasteiger partial charge < -0.3 is 15.2 Å². The van der Waals surface area contributed by atoms with Crippen molar-refractivity contribution < 1.29 is 9.59 Å². The van der Waals surface area contributed by atoms with Crippen LogP contribution in [0.4, 0.5) is 0 Å². The van der Waals surface area contributed by atoms with E-state index in [1.807, 2.05) is 29.2 Å². The maximum atomic E-state index is 12.7. The van der Waals surface area contributed by atoms with Crippen molar-refractivity contribution in [2.45, 2.75) is 50.8 Å². The summed E-state index contributed by atoms with van der Waals surface area (Å²) in [5.41, 5.74) is 2.69. The van der Waals surface area contributed by atoms with Crippen LogP contribution in [0.1, 0.15) is 57.9 Å². The van der Waals surface area contributed by atoms with Crippen LogP contribution in [0.2, 0.25) is 0 Å². The number of hydrogen-bond acceptors (Lipinski definition) is 6. The van der Waals surface area contributed by atoms with Gasteiger partial charge in [-0.3, -0.25) is 14.4 Å². The fourth-order valence-electron chi connectivity index (χ4n) is 4.70. The van der Waals surface area contributed by atoms with E-state index in [-0.39, 0.29) is 23.1 Å². The van der Waals surface area contributed by atoms with Crippen LogP contribution in [0, 0.1) is 0 Å². The van der Waals surface area contributed by atoms with Crippen LogP contribution < -0.4 is 10.9 Å². The van der Waals surface area contributed by atoms with E-state index in [2.05, 4.69) is 15.3 Å². The molecule has 5 rings (SSSR count). The molecule has 0 unspecified atom stereocenters. The largest absolute Gasteiger partial charge is 0.351 e. The van der Waals surface area contributed by atoms with Crippen molar-refractivity contribution in [2.24, 2.45) is 0 Å². The summed E-state index contributed by atoms with van der Waals surface area (Å²) in [6.45, 7) is 2.01. The second-order valence-electron chi connectivity index (χ2n) is 8.87. The highest BCUT2D eigenvalue weighted by atomic mass is 32.2. The number of carbonyl (C=O) groups is 2. The highest BCUT2D eigenvalue weighted by molar-refractivity contribution is 7.99. The SMILES string of the molecule is O=C(CSCc1nc2sc3c(c2c(=O)[nH]1)CCC3)NCc1cccc(C(=O)N2CCCCC2)c1. The number of aromatic nitrogens is 2. The summed E-state index contributed by atoms with van der Waals surface area (Å²) in [5.74, 6) is 1.34. The van der Waals surface area contributed by atoms with Crippen molar-refractivity contribution in [1.29, 1.82) is 0 Å². The summed E-state index contributed by atoms with van der Waals surface area (Å²) in [6.07, 6.45) is 6.42. The molecule has 3 heterocycles. The van der Waals surface area contributed by atoms with Gasteiger partial charge in [0.2, 0.25) is 5.91 Å². The summed E-state index contributed by atoms with van der Waals surface area (Å²) in [5, 5.41) is 3.68. The van der Waals surface area contributed by atoms with E-state index < -0.39 is 0 Å². The Kier molecular flexibility index (Phi) is 7.01. The van der Waals surface area contributed by atoms with E-state index in [1.165, 1.54) is 28.6 Å². The third-order valence-electron chi connectivity index (χ3n) is 6.40. The summed E-state index contributed by atoms with van der Waals surface area (Å²) >= 11 is 3.05. The standard InChI is InChI=1S/C25H28N4O3S2/c30-21(26-13-16-6-4-7-17(12-16)25(32)29-10-2-1-3-11-29)15-33-14-20-27-23(31)22-18-8-5-9-19(18)34-24(22)28-20/h4,6-7,12H,1-3,5,8-11,13-15H2,(H,26,30)(H,27,28,31). The molecular weight excluding hydrogens is 468 g/mol. The number of aromatic amines is 1. The van der Waals surface area contributed by atoms with Gasteiger partial charge in [-0.25, -0.2) is 4.98 Å². The smallest absolute Gasteiger partial charge is 0.259 e. The predicted octanol–water partition coefficient (Wildman–Crippen LogP) is 3.65. The van der Waals surface area contributed by atoms with Crippen molar-refractivity contribution in [1.82, 2.24) is 20.2 Å². The molecule has 3 aromatic rings. The minimum Gasteiger partial charge on any atom is -0.351 e. The average Bonchev–Trinajstić information content (AvgIpc) is 3.44. The minimum absolute atomic E-state index is 0.0663. The molecule has 2 N–H and O–H groups in total. The minimum atomic E-state index is -0.0868. The number of fused-ring (bicyclic) bond motifs is 3. The van der Waals surface area contributed by atoms with E-state index in [0.717, 1.165) is 61.0 Å². The van der Waals surface area contributed by atoms with Gasteiger partial charge in [0.15, 0.2) is 0 Å². The molecule has 9 heteroatoms. The number of thiophene rings is 1. The van der Waals surface area contributed by atoms with Crippen molar-refractivity contribution >= 4 is 45.1 Å². The Morgan fingerprint density at radius 2 is 2.00 bits per heavy atom. The van der Waals surface area contributed by atoms with Gasteiger partial charge in [0.25, 0.3) is 11.5 Å². The van der Waals surface area contributed by atoms with E-state index in [0.29, 0.717) is 23.7 Å². The van der Waals surface area contributed by atoms with Crippen LogP contribution in [0.25, 0.3) is 10.2 Å². The van der Waals surface area contributed by atoms with E-state index >= 15 is 0 Å².